The van der Waals surface area contributed by atoms with Gasteiger partial charge in [0.05, 0.1) is 13.0 Å². The molecule has 0 amide bonds. The van der Waals surface area contributed by atoms with E-state index < -0.39 is 5.97 Å². The SMILES string of the molecule is CCCOc1ccc(C(=O)CCC(=O)OCc2noc(-c3ccc(F)cc3)n2)cc1. The van der Waals surface area contributed by atoms with Crippen molar-refractivity contribution in [1.82, 2.24) is 10.1 Å². The first-order valence-electron chi connectivity index (χ1n) is 9.55. The molecule has 8 heteroatoms. The zero-order valence-corrected chi connectivity index (χ0v) is 16.5. The molecule has 0 saturated carbocycles. The van der Waals surface area contributed by atoms with Crippen molar-refractivity contribution in [2.45, 2.75) is 32.8 Å². The van der Waals surface area contributed by atoms with Crippen LogP contribution in [0, 0.1) is 5.82 Å². The molecule has 1 aromatic heterocycles. The van der Waals surface area contributed by atoms with Gasteiger partial charge >= 0.3 is 5.97 Å². The van der Waals surface area contributed by atoms with E-state index in [1.54, 1.807) is 24.3 Å². The van der Waals surface area contributed by atoms with Gasteiger partial charge in [-0.1, -0.05) is 12.1 Å². The number of rotatable bonds is 10. The van der Waals surface area contributed by atoms with E-state index in [0.29, 0.717) is 23.5 Å². The van der Waals surface area contributed by atoms with Crippen LogP contribution in [-0.2, 0) is 16.1 Å². The highest BCUT2D eigenvalue weighted by Crippen LogP contribution is 2.18. The Morgan fingerprint density at radius 2 is 1.77 bits per heavy atom. The Balaban J connectivity index is 1.43. The fraction of sp³-hybridized carbons (Fsp3) is 0.273. The highest BCUT2D eigenvalue weighted by atomic mass is 19.1. The number of hydrogen-bond acceptors (Lipinski definition) is 7. The fourth-order valence-corrected chi connectivity index (χ4v) is 2.56. The van der Waals surface area contributed by atoms with Gasteiger partial charge in [-0.15, -0.1) is 0 Å². The molecule has 0 N–H and O–H groups in total. The number of nitrogens with zero attached hydrogens (tertiary/aromatic N) is 2. The van der Waals surface area contributed by atoms with Crippen LogP contribution in [-0.4, -0.2) is 28.5 Å². The summed E-state index contributed by atoms with van der Waals surface area (Å²) < 4.78 is 28.6. The minimum atomic E-state index is -0.542. The summed E-state index contributed by atoms with van der Waals surface area (Å²) in [7, 11) is 0. The first-order chi connectivity index (χ1) is 14.5. The molecule has 3 aromatic rings. The summed E-state index contributed by atoms with van der Waals surface area (Å²) in [6.07, 6.45) is 0.872. The van der Waals surface area contributed by atoms with E-state index in [1.165, 1.54) is 24.3 Å². The van der Waals surface area contributed by atoms with Crippen LogP contribution >= 0.6 is 0 Å². The Labute approximate surface area is 172 Å². The topological polar surface area (TPSA) is 91.5 Å². The van der Waals surface area contributed by atoms with Crippen LogP contribution in [0.5, 0.6) is 5.75 Å². The molecule has 3 rings (SSSR count). The van der Waals surface area contributed by atoms with Crippen LogP contribution in [0.3, 0.4) is 0 Å². The zero-order valence-electron chi connectivity index (χ0n) is 16.5. The van der Waals surface area contributed by atoms with Crippen molar-refractivity contribution in [1.29, 1.82) is 0 Å². The maximum absolute atomic E-state index is 13.0. The van der Waals surface area contributed by atoms with Gasteiger partial charge in [-0.2, -0.15) is 4.98 Å². The van der Waals surface area contributed by atoms with E-state index >= 15 is 0 Å². The lowest BCUT2D eigenvalue weighted by Gasteiger charge is -2.06. The van der Waals surface area contributed by atoms with Gasteiger partial charge in [0.15, 0.2) is 12.4 Å². The van der Waals surface area contributed by atoms with Crippen molar-refractivity contribution in [2.75, 3.05) is 6.61 Å². The van der Waals surface area contributed by atoms with Gasteiger partial charge in [-0.05, 0) is 55.0 Å². The quantitative estimate of drug-likeness (QED) is 0.361. The van der Waals surface area contributed by atoms with Crippen molar-refractivity contribution >= 4 is 11.8 Å². The van der Waals surface area contributed by atoms with Crippen molar-refractivity contribution < 1.29 is 28.0 Å². The number of aromatic nitrogens is 2. The monoisotopic (exact) mass is 412 g/mol. The molecule has 0 aliphatic rings. The zero-order chi connectivity index (χ0) is 21.3. The molecule has 7 nitrogen and oxygen atoms in total. The number of carbonyl (C=O) groups is 2. The van der Waals surface area contributed by atoms with E-state index in [4.69, 9.17) is 14.0 Å². The maximum atomic E-state index is 13.0. The van der Waals surface area contributed by atoms with Crippen molar-refractivity contribution in [2.24, 2.45) is 0 Å². The molecule has 0 aliphatic heterocycles. The third-order valence-electron chi connectivity index (χ3n) is 4.13. The number of carbonyl (C=O) groups excluding carboxylic acids is 2. The summed E-state index contributed by atoms with van der Waals surface area (Å²) in [6.45, 7) is 2.45. The van der Waals surface area contributed by atoms with Gasteiger partial charge in [-0.3, -0.25) is 9.59 Å². The van der Waals surface area contributed by atoms with Crippen LogP contribution in [0.2, 0.25) is 0 Å². The predicted molar refractivity (Wildman–Crippen MR) is 105 cm³/mol. The van der Waals surface area contributed by atoms with E-state index in [0.717, 1.165) is 6.42 Å². The van der Waals surface area contributed by atoms with E-state index in [1.807, 2.05) is 6.92 Å². The van der Waals surface area contributed by atoms with Crippen LogP contribution in [0.25, 0.3) is 11.5 Å². The molecule has 0 aliphatic carbocycles. The van der Waals surface area contributed by atoms with Gasteiger partial charge in [-0.25, -0.2) is 4.39 Å². The standard InChI is InChI=1S/C22H21FN2O5/c1-2-13-28-18-9-5-15(6-10-18)19(26)11-12-21(27)29-14-20-24-22(30-25-20)16-3-7-17(23)8-4-16/h3-10H,2,11-14H2,1H3. The summed E-state index contributed by atoms with van der Waals surface area (Å²) in [5.74, 6) is 0.00135. The fourth-order valence-electron chi connectivity index (χ4n) is 2.56. The lowest BCUT2D eigenvalue weighted by atomic mass is 10.1. The number of hydrogen-bond donors (Lipinski definition) is 0. The Morgan fingerprint density at radius 1 is 1.03 bits per heavy atom. The highest BCUT2D eigenvalue weighted by molar-refractivity contribution is 5.97. The van der Waals surface area contributed by atoms with Crippen molar-refractivity contribution in [3.05, 3.63) is 65.7 Å². The second-order valence-corrected chi connectivity index (χ2v) is 6.48. The van der Waals surface area contributed by atoms with Crippen molar-refractivity contribution in [3.63, 3.8) is 0 Å². The molecule has 0 unspecified atom stereocenters. The van der Waals surface area contributed by atoms with E-state index in [-0.39, 0.29) is 42.8 Å². The molecule has 30 heavy (non-hydrogen) atoms. The number of Topliss-reactive ketones (excluding diaryl/α,β-unsaturated/α-hetero) is 1. The van der Waals surface area contributed by atoms with Crippen LogP contribution in [0.1, 0.15) is 42.4 Å². The molecule has 0 spiro atoms. The maximum Gasteiger partial charge on any atom is 0.306 e. The van der Waals surface area contributed by atoms with Crippen molar-refractivity contribution in [3.8, 4) is 17.2 Å². The second kappa shape index (κ2) is 10.3. The minimum absolute atomic E-state index is 0.0288. The Kier molecular flexibility index (Phi) is 7.26. The second-order valence-electron chi connectivity index (χ2n) is 6.48. The van der Waals surface area contributed by atoms with Gasteiger partial charge in [0.2, 0.25) is 5.82 Å². The number of ketones is 1. The van der Waals surface area contributed by atoms with Crippen LogP contribution in [0.4, 0.5) is 4.39 Å². The number of benzene rings is 2. The lowest BCUT2D eigenvalue weighted by Crippen LogP contribution is -2.09. The smallest absolute Gasteiger partial charge is 0.306 e. The number of esters is 1. The molecular weight excluding hydrogens is 391 g/mol. The molecule has 0 fully saturated rings. The average molecular weight is 412 g/mol. The Bertz CT molecular complexity index is 984. The van der Waals surface area contributed by atoms with Gasteiger partial charge in [0.25, 0.3) is 5.89 Å². The molecule has 0 saturated heterocycles. The largest absolute Gasteiger partial charge is 0.494 e. The summed E-state index contributed by atoms with van der Waals surface area (Å²) in [6, 6.07) is 12.4. The van der Waals surface area contributed by atoms with Gasteiger partial charge in [0.1, 0.15) is 11.6 Å². The lowest BCUT2D eigenvalue weighted by molar-refractivity contribution is -0.145. The third kappa shape index (κ3) is 5.97. The normalized spacial score (nSPS) is 10.6. The molecule has 0 bridgehead atoms. The first-order valence-corrected chi connectivity index (χ1v) is 9.55. The van der Waals surface area contributed by atoms with E-state index in [9.17, 15) is 14.0 Å². The van der Waals surface area contributed by atoms with Crippen LogP contribution in [0.15, 0.2) is 53.1 Å². The van der Waals surface area contributed by atoms with Gasteiger partial charge < -0.3 is 14.0 Å². The molecular formula is C22H21FN2O5. The van der Waals surface area contributed by atoms with Crippen LogP contribution < -0.4 is 4.74 Å². The predicted octanol–water partition coefficient (Wildman–Crippen LogP) is 4.37. The molecule has 0 atom stereocenters. The number of ether oxygens (including phenoxy) is 2. The first kappa shape index (κ1) is 21.2. The molecule has 1 heterocycles. The average Bonchev–Trinajstić information content (AvgIpc) is 3.24. The van der Waals surface area contributed by atoms with Gasteiger partial charge in [0, 0.05) is 17.5 Å². The minimum Gasteiger partial charge on any atom is -0.494 e. The summed E-state index contributed by atoms with van der Waals surface area (Å²) >= 11 is 0. The molecule has 0 radical (unpaired) electrons. The summed E-state index contributed by atoms with van der Waals surface area (Å²) in [4.78, 5) is 28.2. The Hall–Kier alpha value is -3.55. The third-order valence-corrected chi connectivity index (χ3v) is 4.13. The van der Waals surface area contributed by atoms with E-state index in [2.05, 4.69) is 10.1 Å². The summed E-state index contributed by atoms with van der Waals surface area (Å²) in [5.41, 5.74) is 1.06. The summed E-state index contributed by atoms with van der Waals surface area (Å²) in [5, 5.41) is 3.72. The number of halogens is 1. The molecule has 2 aromatic carbocycles. The highest BCUT2D eigenvalue weighted by Gasteiger charge is 2.13. The molecule has 156 valence electrons. The Morgan fingerprint density at radius 3 is 2.47 bits per heavy atom.